The lowest BCUT2D eigenvalue weighted by Gasteiger charge is -2.46. The first-order chi connectivity index (χ1) is 34.6. The Morgan fingerprint density at radius 3 is 2.33 bits per heavy atom. The molecule has 17 nitrogen and oxygen atoms in total. The summed E-state index contributed by atoms with van der Waals surface area (Å²) in [5, 5.41) is 10.9. The lowest BCUT2D eigenvalue weighted by molar-refractivity contribution is -0.139. The van der Waals surface area contributed by atoms with Crippen molar-refractivity contribution in [1.29, 1.82) is 0 Å². The SMILES string of the molecule is CCc1cc(Nc2ncc(C)c(Nc3ccc4nc(C)ccc4c3P(C)(C)=O)n2)c(OC)cc1N1CCC(N2CCN(C(=O)C3CN(c4ccc5c(c4)C4(CC4)N(C4CCC(=O)NC4=O)C5=O)C3)CC2)CC1. The van der Waals surface area contributed by atoms with E-state index >= 15 is 0 Å². The van der Waals surface area contributed by atoms with Gasteiger partial charge in [0.15, 0.2) is 0 Å². The van der Waals surface area contributed by atoms with Gasteiger partial charge in [-0.05, 0) is 119 Å². The molecule has 11 rings (SSSR count). The lowest BCUT2D eigenvalue weighted by atomic mass is 9.94. The Bertz CT molecular complexity index is 3080. The highest BCUT2D eigenvalue weighted by atomic mass is 31.2. The monoisotopic (exact) mass is 993 g/mol. The number of ether oxygens (including phenoxy) is 1. The maximum absolute atomic E-state index is 13.8. The van der Waals surface area contributed by atoms with Crippen LogP contribution in [0.3, 0.4) is 0 Å². The number of rotatable bonds is 12. The van der Waals surface area contributed by atoms with Crippen molar-refractivity contribution in [2.75, 3.05) is 93.2 Å². The minimum absolute atomic E-state index is 0.0637. The van der Waals surface area contributed by atoms with Crippen molar-refractivity contribution in [3.63, 3.8) is 0 Å². The Morgan fingerprint density at radius 1 is 0.875 bits per heavy atom. The van der Waals surface area contributed by atoms with Crippen molar-refractivity contribution >= 4 is 81.5 Å². The molecular weight excluding hydrogens is 930 g/mol. The maximum Gasteiger partial charge on any atom is 0.255 e. The van der Waals surface area contributed by atoms with Gasteiger partial charge >= 0.3 is 0 Å². The second-order valence-corrected chi connectivity index (χ2v) is 24.1. The van der Waals surface area contributed by atoms with Gasteiger partial charge in [-0.3, -0.25) is 34.4 Å². The van der Waals surface area contributed by atoms with Crippen LogP contribution in [0.15, 0.2) is 60.8 Å². The largest absolute Gasteiger partial charge is 0.494 e. The van der Waals surface area contributed by atoms with Crippen molar-refractivity contribution in [1.82, 2.24) is 35.0 Å². The van der Waals surface area contributed by atoms with E-state index in [1.54, 1.807) is 31.5 Å². The van der Waals surface area contributed by atoms with E-state index in [-0.39, 0.29) is 36.0 Å². The van der Waals surface area contributed by atoms with Crippen LogP contribution in [0.25, 0.3) is 10.9 Å². The zero-order valence-corrected chi connectivity index (χ0v) is 43.0. The summed E-state index contributed by atoms with van der Waals surface area (Å²) in [5.74, 6) is 1.07. The summed E-state index contributed by atoms with van der Waals surface area (Å²) in [6.45, 7) is 15.9. The number of piperidine rings is 2. The van der Waals surface area contributed by atoms with E-state index in [9.17, 15) is 23.7 Å². The maximum atomic E-state index is 13.8. The number of anilines is 6. The van der Waals surface area contributed by atoms with Crippen LogP contribution in [0, 0.1) is 19.8 Å². The molecule has 3 aromatic carbocycles. The Morgan fingerprint density at radius 2 is 1.64 bits per heavy atom. The highest BCUT2D eigenvalue weighted by molar-refractivity contribution is 7.71. The summed E-state index contributed by atoms with van der Waals surface area (Å²) in [6.07, 6.45) is 6.85. The van der Waals surface area contributed by atoms with Gasteiger partial charge in [-0.2, -0.15) is 4.98 Å². The number of aromatic nitrogens is 3. The van der Waals surface area contributed by atoms with Crippen molar-refractivity contribution in [3.05, 3.63) is 88.7 Å². The van der Waals surface area contributed by atoms with E-state index in [1.807, 2.05) is 50.2 Å². The molecule has 4 amide bonds. The molecule has 3 N–H and O–H groups in total. The van der Waals surface area contributed by atoms with Crippen molar-refractivity contribution in [2.45, 2.75) is 83.3 Å². The molecule has 18 heteroatoms. The third-order valence-electron chi connectivity index (χ3n) is 16.0. The van der Waals surface area contributed by atoms with Crippen molar-refractivity contribution < 1.29 is 28.5 Å². The minimum atomic E-state index is -2.73. The molecule has 2 aromatic heterocycles. The van der Waals surface area contributed by atoms with Crippen molar-refractivity contribution in [3.8, 4) is 5.75 Å². The van der Waals surface area contributed by atoms with Gasteiger partial charge in [0.2, 0.25) is 23.7 Å². The number of methoxy groups -OCH3 is 1. The molecule has 0 bridgehead atoms. The summed E-state index contributed by atoms with van der Waals surface area (Å²) in [6, 6.07) is 17.9. The van der Waals surface area contributed by atoms with E-state index in [4.69, 9.17) is 9.72 Å². The topological polar surface area (TPSA) is 186 Å². The zero-order valence-electron chi connectivity index (χ0n) is 42.1. The number of hydrogen-bond donors (Lipinski definition) is 3. The molecular formula is C54H64N11O6P. The first-order valence-corrected chi connectivity index (χ1v) is 28.1. The van der Waals surface area contributed by atoms with Gasteiger partial charge in [0, 0.05) is 116 Å². The zero-order chi connectivity index (χ0) is 50.2. The Hall–Kier alpha value is -6.58. The lowest BCUT2D eigenvalue weighted by Crippen LogP contribution is -2.59. The number of carbonyl (C=O) groups excluding carboxylic acids is 4. The molecule has 376 valence electrons. The fourth-order valence-corrected chi connectivity index (χ4v) is 13.4. The first-order valence-electron chi connectivity index (χ1n) is 25.5. The van der Waals surface area contributed by atoms with Crippen LogP contribution in [0.4, 0.5) is 34.5 Å². The number of piperazine rings is 1. The van der Waals surface area contributed by atoms with Crippen LogP contribution in [0.2, 0.25) is 0 Å². The molecule has 7 heterocycles. The highest BCUT2D eigenvalue weighted by Crippen LogP contribution is 2.58. The van der Waals surface area contributed by atoms with Gasteiger partial charge in [-0.1, -0.05) is 13.0 Å². The van der Waals surface area contributed by atoms with Crippen LogP contribution >= 0.6 is 7.14 Å². The molecule has 72 heavy (non-hydrogen) atoms. The Labute approximate surface area is 420 Å². The summed E-state index contributed by atoms with van der Waals surface area (Å²) < 4.78 is 19.7. The third kappa shape index (κ3) is 8.61. The number of aryl methyl sites for hydroxylation is 3. The van der Waals surface area contributed by atoms with E-state index in [0.29, 0.717) is 48.6 Å². The van der Waals surface area contributed by atoms with Gasteiger partial charge < -0.3 is 39.5 Å². The van der Waals surface area contributed by atoms with Gasteiger partial charge in [0.1, 0.15) is 24.8 Å². The predicted molar refractivity (Wildman–Crippen MR) is 280 cm³/mol. The van der Waals surface area contributed by atoms with E-state index in [2.05, 4.69) is 70.6 Å². The Balaban J connectivity index is 0.684. The molecule has 1 unspecified atom stereocenters. The highest BCUT2D eigenvalue weighted by Gasteiger charge is 2.61. The quantitative estimate of drug-likeness (QED) is 0.0916. The van der Waals surface area contributed by atoms with E-state index < -0.39 is 18.7 Å². The average molecular weight is 994 g/mol. The molecule has 1 saturated carbocycles. The van der Waals surface area contributed by atoms with Gasteiger partial charge in [-0.25, -0.2) is 4.98 Å². The van der Waals surface area contributed by atoms with Crippen LogP contribution in [0.5, 0.6) is 5.75 Å². The van der Waals surface area contributed by atoms with E-state index in [1.165, 1.54) is 11.3 Å². The molecule has 1 spiro atoms. The van der Waals surface area contributed by atoms with Gasteiger partial charge in [-0.15, -0.1) is 0 Å². The number of hydrogen-bond acceptors (Lipinski definition) is 14. The Kier molecular flexibility index (Phi) is 12.2. The molecule has 0 radical (unpaired) electrons. The number of amides is 4. The van der Waals surface area contributed by atoms with E-state index in [0.717, 1.165) is 121 Å². The molecule has 1 aliphatic carbocycles. The molecule has 1 atom stereocenters. The van der Waals surface area contributed by atoms with Crippen LogP contribution in [-0.2, 0) is 30.9 Å². The second kappa shape index (κ2) is 18.5. The average Bonchev–Trinajstić information content (AvgIpc) is 4.12. The second-order valence-electron chi connectivity index (χ2n) is 20.9. The minimum Gasteiger partial charge on any atom is -0.494 e. The molecule has 5 aliphatic heterocycles. The molecule has 4 saturated heterocycles. The smallest absolute Gasteiger partial charge is 0.255 e. The number of imide groups is 1. The number of nitrogens with zero attached hydrogens (tertiary/aromatic N) is 8. The molecule has 6 aliphatic rings. The fourth-order valence-electron chi connectivity index (χ4n) is 11.9. The number of carbonyl (C=O) groups is 4. The van der Waals surface area contributed by atoms with Gasteiger partial charge in [0.05, 0.1) is 35.5 Å². The first kappa shape index (κ1) is 47.7. The van der Waals surface area contributed by atoms with Crippen molar-refractivity contribution in [2.24, 2.45) is 5.92 Å². The molecule has 5 aromatic rings. The fraction of sp³-hybridized carbons (Fsp3) is 0.463. The number of pyridine rings is 1. The number of fused-ring (bicyclic) bond motifs is 3. The summed E-state index contributed by atoms with van der Waals surface area (Å²) in [7, 11) is -1.04. The van der Waals surface area contributed by atoms with Crippen LogP contribution in [0.1, 0.15) is 78.2 Å². The standard InChI is InChI=1S/C54H64N11O6P/c1-7-34-26-43(58-53-55-29-32(2)49(60-53)57-42-13-12-41-39(10-8-33(3)56-41)48(42)72(5,6)70)46(71-4)28-45(34)62-20-16-36(17-21-62)61-22-24-63(25-23-61)51(68)35-30-64(31-35)37-9-11-38-40(27-37)54(18-19-54)65(52(38)69)44-14-15-47(66)59-50(44)67/h8-13,26-29,35-36,44H,7,14-25,30-31H2,1-6H3,(H,59,66,67)(H2,55,57,58,60). The number of benzene rings is 3. The summed E-state index contributed by atoms with van der Waals surface area (Å²) >= 11 is 0. The van der Waals surface area contributed by atoms with Crippen LogP contribution in [-0.4, -0.2) is 138 Å². The van der Waals surface area contributed by atoms with Gasteiger partial charge in [0.25, 0.3) is 5.91 Å². The molecule has 5 fully saturated rings. The summed E-state index contributed by atoms with van der Waals surface area (Å²) in [5.41, 5.74) is 8.55. The third-order valence-corrected chi connectivity index (χ3v) is 17.5. The number of nitrogens with one attached hydrogen (secondary N) is 3. The predicted octanol–water partition coefficient (Wildman–Crippen LogP) is 6.45. The van der Waals surface area contributed by atoms with Crippen LogP contribution < -0.4 is 35.8 Å². The normalized spacial score (nSPS) is 20.5. The summed E-state index contributed by atoms with van der Waals surface area (Å²) in [4.78, 5) is 77.4.